The van der Waals surface area contributed by atoms with Gasteiger partial charge in [0.15, 0.2) is 0 Å². The SMILES string of the molecule is CCCCC(=O)O[C@@H](CN)CC(=O)OC(=O)CCCN. The smallest absolute Gasteiger partial charge is 0.317 e. The van der Waals surface area contributed by atoms with Gasteiger partial charge in [-0.25, -0.2) is 0 Å². The number of unbranched alkanes of at least 4 members (excludes halogenated alkanes) is 1. The molecule has 0 spiro atoms. The first-order valence-corrected chi connectivity index (χ1v) is 6.86. The molecule has 0 heterocycles. The van der Waals surface area contributed by atoms with E-state index in [1.54, 1.807) is 0 Å². The van der Waals surface area contributed by atoms with E-state index >= 15 is 0 Å². The molecule has 0 aliphatic carbocycles. The molecule has 0 aliphatic rings. The highest BCUT2D eigenvalue weighted by Crippen LogP contribution is 2.05. The molecule has 0 saturated carbocycles. The van der Waals surface area contributed by atoms with Gasteiger partial charge >= 0.3 is 17.9 Å². The number of nitrogens with two attached hydrogens (primary N) is 2. The van der Waals surface area contributed by atoms with Crippen molar-refractivity contribution in [1.29, 1.82) is 0 Å². The van der Waals surface area contributed by atoms with Gasteiger partial charge in [0.05, 0.1) is 6.42 Å². The molecule has 116 valence electrons. The molecule has 0 aromatic heterocycles. The van der Waals surface area contributed by atoms with E-state index in [1.165, 1.54) is 0 Å². The van der Waals surface area contributed by atoms with Crippen LogP contribution < -0.4 is 11.5 Å². The van der Waals surface area contributed by atoms with Crippen LogP contribution in [-0.4, -0.2) is 37.1 Å². The zero-order valence-electron chi connectivity index (χ0n) is 11.9. The Labute approximate surface area is 119 Å². The van der Waals surface area contributed by atoms with E-state index in [0.29, 0.717) is 13.0 Å². The molecule has 20 heavy (non-hydrogen) atoms. The molecule has 0 unspecified atom stereocenters. The van der Waals surface area contributed by atoms with Crippen LogP contribution in [0.1, 0.15) is 45.4 Å². The van der Waals surface area contributed by atoms with Crippen molar-refractivity contribution < 1.29 is 23.9 Å². The summed E-state index contributed by atoms with van der Waals surface area (Å²) in [7, 11) is 0. The van der Waals surface area contributed by atoms with Crippen LogP contribution in [0.4, 0.5) is 0 Å². The normalized spacial score (nSPS) is 11.8. The van der Waals surface area contributed by atoms with Gasteiger partial charge in [0.2, 0.25) is 0 Å². The van der Waals surface area contributed by atoms with Crippen molar-refractivity contribution in [3.63, 3.8) is 0 Å². The lowest BCUT2D eigenvalue weighted by Crippen LogP contribution is -2.30. The number of ether oxygens (including phenoxy) is 2. The van der Waals surface area contributed by atoms with E-state index in [4.69, 9.17) is 16.2 Å². The number of carbonyl (C=O) groups is 3. The molecule has 0 aliphatic heterocycles. The molecule has 0 radical (unpaired) electrons. The van der Waals surface area contributed by atoms with Crippen LogP contribution >= 0.6 is 0 Å². The highest BCUT2D eigenvalue weighted by atomic mass is 16.6. The first-order chi connectivity index (χ1) is 9.53. The summed E-state index contributed by atoms with van der Waals surface area (Å²) in [4.78, 5) is 34.1. The van der Waals surface area contributed by atoms with E-state index in [0.717, 1.165) is 12.8 Å². The Hall–Kier alpha value is -1.47. The molecule has 0 amide bonds. The van der Waals surface area contributed by atoms with Gasteiger partial charge in [-0.2, -0.15) is 0 Å². The Balaban J connectivity index is 4.05. The summed E-state index contributed by atoms with van der Waals surface area (Å²) in [5.74, 6) is -1.77. The second-order valence-corrected chi connectivity index (χ2v) is 4.39. The van der Waals surface area contributed by atoms with Gasteiger partial charge in [-0.3, -0.25) is 14.4 Å². The monoisotopic (exact) mass is 288 g/mol. The Morgan fingerprint density at radius 1 is 1.00 bits per heavy atom. The quantitative estimate of drug-likeness (QED) is 0.436. The molecule has 0 rings (SSSR count). The Morgan fingerprint density at radius 3 is 2.20 bits per heavy atom. The first kappa shape index (κ1) is 18.5. The maximum Gasteiger partial charge on any atom is 0.317 e. The first-order valence-electron chi connectivity index (χ1n) is 6.86. The fraction of sp³-hybridized carbons (Fsp3) is 0.769. The second-order valence-electron chi connectivity index (χ2n) is 4.39. The second kappa shape index (κ2) is 11.4. The van der Waals surface area contributed by atoms with Crippen molar-refractivity contribution in [2.75, 3.05) is 13.1 Å². The lowest BCUT2D eigenvalue weighted by molar-refractivity contribution is -0.162. The fourth-order valence-electron chi connectivity index (χ4n) is 1.39. The predicted octanol–water partition coefficient (Wildman–Crippen LogP) is 0.246. The Bertz CT molecular complexity index is 320. The van der Waals surface area contributed by atoms with Gasteiger partial charge in [-0.05, 0) is 19.4 Å². The van der Waals surface area contributed by atoms with Gasteiger partial charge in [-0.15, -0.1) is 0 Å². The van der Waals surface area contributed by atoms with E-state index in [-0.39, 0.29) is 25.8 Å². The molecule has 0 aromatic rings. The summed E-state index contributed by atoms with van der Waals surface area (Å²) in [6.45, 7) is 2.31. The van der Waals surface area contributed by atoms with Crippen LogP contribution in [0.5, 0.6) is 0 Å². The van der Waals surface area contributed by atoms with E-state index in [9.17, 15) is 14.4 Å². The Morgan fingerprint density at radius 2 is 1.65 bits per heavy atom. The van der Waals surface area contributed by atoms with Crippen LogP contribution in [0.25, 0.3) is 0 Å². The highest BCUT2D eigenvalue weighted by molar-refractivity contribution is 5.85. The predicted molar refractivity (Wildman–Crippen MR) is 72.5 cm³/mol. The third-order valence-corrected chi connectivity index (χ3v) is 2.50. The van der Waals surface area contributed by atoms with Crippen molar-refractivity contribution >= 4 is 17.9 Å². The van der Waals surface area contributed by atoms with Crippen LogP contribution in [0.3, 0.4) is 0 Å². The number of carbonyl (C=O) groups excluding carboxylic acids is 3. The van der Waals surface area contributed by atoms with Gasteiger partial charge in [0.1, 0.15) is 6.10 Å². The summed E-state index contributed by atoms with van der Waals surface area (Å²) in [6.07, 6.45) is 1.46. The third-order valence-electron chi connectivity index (χ3n) is 2.50. The van der Waals surface area contributed by atoms with Gasteiger partial charge in [0.25, 0.3) is 0 Å². The maximum atomic E-state index is 11.5. The lowest BCUT2D eigenvalue weighted by Gasteiger charge is -2.14. The molecule has 7 nitrogen and oxygen atoms in total. The van der Waals surface area contributed by atoms with Crippen molar-refractivity contribution in [3.05, 3.63) is 0 Å². The summed E-state index contributed by atoms with van der Waals surface area (Å²) in [5.41, 5.74) is 10.7. The topological polar surface area (TPSA) is 122 Å². The van der Waals surface area contributed by atoms with Gasteiger partial charge < -0.3 is 20.9 Å². The fourth-order valence-corrected chi connectivity index (χ4v) is 1.39. The standard InChI is InChI=1S/C13H24N2O5/c1-2-3-5-11(16)19-10(9-15)8-13(18)20-12(17)6-4-7-14/h10H,2-9,14-15H2,1H3/t10-/m1/s1. The van der Waals surface area contributed by atoms with Gasteiger partial charge in [-0.1, -0.05) is 13.3 Å². The van der Waals surface area contributed by atoms with E-state index < -0.39 is 24.0 Å². The van der Waals surface area contributed by atoms with Crippen LogP contribution in [0.15, 0.2) is 0 Å². The number of rotatable bonds is 10. The van der Waals surface area contributed by atoms with Gasteiger partial charge in [0, 0.05) is 19.4 Å². The summed E-state index contributed by atoms with van der Waals surface area (Å²) in [5, 5.41) is 0. The van der Waals surface area contributed by atoms with Crippen molar-refractivity contribution in [3.8, 4) is 0 Å². The average molecular weight is 288 g/mol. The number of hydrogen-bond donors (Lipinski definition) is 2. The third kappa shape index (κ3) is 9.46. The lowest BCUT2D eigenvalue weighted by atomic mass is 10.2. The highest BCUT2D eigenvalue weighted by Gasteiger charge is 2.19. The zero-order chi connectivity index (χ0) is 15.4. The molecular formula is C13H24N2O5. The average Bonchev–Trinajstić information content (AvgIpc) is 2.41. The van der Waals surface area contributed by atoms with E-state index in [2.05, 4.69) is 4.74 Å². The largest absolute Gasteiger partial charge is 0.460 e. The van der Waals surface area contributed by atoms with Crippen molar-refractivity contribution in [1.82, 2.24) is 0 Å². The molecular weight excluding hydrogens is 264 g/mol. The van der Waals surface area contributed by atoms with E-state index in [1.807, 2.05) is 6.92 Å². The minimum atomic E-state index is -0.755. The molecule has 0 bridgehead atoms. The number of esters is 3. The van der Waals surface area contributed by atoms with Crippen LogP contribution in [0.2, 0.25) is 0 Å². The minimum Gasteiger partial charge on any atom is -0.460 e. The van der Waals surface area contributed by atoms with Crippen LogP contribution in [-0.2, 0) is 23.9 Å². The van der Waals surface area contributed by atoms with Crippen molar-refractivity contribution in [2.24, 2.45) is 11.5 Å². The zero-order valence-corrected chi connectivity index (χ0v) is 11.9. The maximum absolute atomic E-state index is 11.5. The molecule has 0 fully saturated rings. The summed E-state index contributed by atoms with van der Waals surface area (Å²) in [6, 6.07) is 0. The summed E-state index contributed by atoms with van der Waals surface area (Å²) < 4.78 is 9.61. The Kier molecular flexibility index (Phi) is 10.5. The molecule has 1 atom stereocenters. The van der Waals surface area contributed by atoms with Crippen molar-refractivity contribution in [2.45, 2.75) is 51.6 Å². The summed E-state index contributed by atoms with van der Waals surface area (Å²) >= 11 is 0. The number of hydrogen-bond acceptors (Lipinski definition) is 7. The molecule has 7 heteroatoms. The molecule has 0 aromatic carbocycles. The molecule has 4 N–H and O–H groups in total. The van der Waals surface area contributed by atoms with Crippen LogP contribution in [0, 0.1) is 0 Å². The minimum absolute atomic E-state index is 0.00392. The molecule has 0 saturated heterocycles.